The topological polar surface area (TPSA) is 44.1 Å². The van der Waals surface area contributed by atoms with Crippen molar-refractivity contribution in [1.29, 1.82) is 5.26 Å². The molecule has 0 fully saturated rings. The van der Waals surface area contributed by atoms with Gasteiger partial charge in [-0.3, -0.25) is 4.79 Å². The summed E-state index contributed by atoms with van der Waals surface area (Å²) >= 11 is 3.25. The highest BCUT2D eigenvalue weighted by molar-refractivity contribution is 9.10. The van der Waals surface area contributed by atoms with E-state index in [9.17, 15) is 9.18 Å². The lowest BCUT2D eigenvalue weighted by atomic mass is 10.1. The van der Waals surface area contributed by atoms with Gasteiger partial charge in [-0.05, 0) is 40.0 Å². The summed E-state index contributed by atoms with van der Waals surface area (Å²) in [6.45, 7) is 4.89. The minimum Gasteiger partial charge on any atom is -0.337 e. The fraction of sp³-hybridized carbons (Fsp3) is 0.429. The maximum Gasteiger partial charge on any atom is 0.255 e. The molecule has 0 saturated heterocycles. The summed E-state index contributed by atoms with van der Waals surface area (Å²) < 4.78 is 13.8. The van der Waals surface area contributed by atoms with Gasteiger partial charge >= 0.3 is 0 Å². The highest BCUT2D eigenvalue weighted by atomic mass is 79.9. The Morgan fingerprint density at radius 2 is 2.21 bits per heavy atom. The van der Waals surface area contributed by atoms with E-state index < -0.39 is 5.82 Å². The van der Waals surface area contributed by atoms with Crippen molar-refractivity contribution >= 4 is 21.8 Å². The third-order valence-electron chi connectivity index (χ3n) is 2.53. The molecule has 0 N–H and O–H groups in total. The van der Waals surface area contributed by atoms with E-state index in [-0.39, 0.29) is 18.2 Å². The number of hydrogen-bond acceptors (Lipinski definition) is 2. The molecule has 5 heteroatoms. The molecule has 0 aromatic heterocycles. The van der Waals surface area contributed by atoms with Crippen LogP contribution < -0.4 is 0 Å². The van der Waals surface area contributed by atoms with Crippen molar-refractivity contribution in [2.45, 2.75) is 20.3 Å². The van der Waals surface area contributed by atoms with Gasteiger partial charge in [0, 0.05) is 17.6 Å². The summed E-state index contributed by atoms with van der Waals surface area (Å²) in [6, 6.07) is 6.05. The molecular weight excluding hydrogens is 311 g/mol. The Balaban J connectivity index is 2.97. The zero-order valence-electron chi connectivity index (χ0n) is 11.0. The third kappa shape index (κ3) is 4.64. The molecule has 0 bridgehead atoms. The van der Waals surface area contributed by atoms with Gasteiger partial charge in [-0.25, -0.2) is 4.39 Å². The Labute approximate surface area is 121 Å². The molecule has 1 amide bonds. The lowest BCUT2D eigenvalue weighted by Gasteiger charge is -2.24. The Morgan fingerprint density at radius 1 is 1.53 bits per heavy atom. The Bertz CT molecular complexity index is 497. The van der Waals surface area contributed by atoms with Crippen molar-refractivity contribution in [3.8, 4) is 6.07 Å². The van der Waals surface area contributed by atoms with Crippen LogP contribution in [0, 0.1) is 23.1 Å². The van der Waals surface area contributed by atoms with E-state index in [2.05, 4.69) is 15.9 Å². The van der Waals surface area contributed by atoms with Crippen molar-refractivity contribution in [2.75, 3.05) is 13.1 Å². The maximum atomic E-state index is 13.2. The lowest BCUT2D eigenvalue weighted by molar-refractivity contribution is 0.0738. The zero-order valence-corrected chi connectivity index (χ0v) is 12.6. The van der Waals surface area contributed by atoms with E-state index >= 15 is 0 Å². The third-order valence-corrected chi connectivity index (χ3v) is 3.22. The summed E-state index contributed by atoms with van der Waals surface area (Å²) in [5.41, 5.74) is 0.290. The number of rotatable bonds is 5. The lowest BCUT2D eigenvalue weighted by Crippen LogP contribution is -2.35. The predicted octanol–water partition coefficient (Wildman–Crippen LogP) is 3.60. The highest BCUT2D eigenvalue weighted by Gasteiger charge is 2.19. The van der Waals surface area contributed by atoms with E-state index in [0.29, 0.717) is 23.1 Å². The average Bonchev–Trinajstić information content (AvgIpc) is 2.36. The normalized spacial score (nSPS) is 10.3. The van der Waals surface area contributed by atoms with Crippen LogP contribution in [-0.2, 0) is 0 Å². The van der Waals surface area contributed by atoms with Crippen LogP contribution in [0.2, 0.25) is 0 Å². The van der Waals surface area contributed by atoms with Crippen LogP contribution in [-0.4, -0.2) is 23.9 Å². The second kappa shape index (κ2) is 7.25. The van der Waals surface area contributed by atoms with Crippen molar-refractivity contribution in [3.05, 3.63) is 34.1 Å². The number of carbonyl (C=O) groups excluding carboxylic acids is 1. The van der Waals surface area contributed by atoms with E-state index in [4.69, 9.17) is 5.26 Å². The largest absolute Gasteiger partial charge is 0.337 e. The second-order valence-corrected chi connectivity index (χ2v) is 5.53. The van der Waals surface area contributed by atoms with Crippen LogP contribution in [0.3, 0.4) is 0 Å². The molecule has 0 aliphatic heterocycles. The first-order chi connectivity index (χ1) is 8.95. The molecule has 1 rings (SSSR count). The first-order valence-electron chi connectivity index (χ1n) is 6.07. The summed E-state index contributed by atoms with van der Waals surface area (Å²) in [5.74, 6) is -0.415. The maximum absolute atomic E-state index is 13.2. The first kappa shape index (κ1) is 15.6. The summed E-state index contributed by atoms with van der Waals surface area (Å²) in [7, 11) is 0. The van der Waals surface area contributed by atoms with Crippen molar-refractivity contribution in [1.82, 2.24) is 4.90 Å². The number of nitrogens with zero attached hydrogens (tertiary/aromatic N) is 2. The number of nitriles is 1. The van der Waals surface area contributed by atoms with Crippen LogP contribution >= 0.6 is 15.9 Å². The van der Waals surface area contributed by atoms with Crippen molar-refractivity contribution in [2.24, 2.45) is 5.92 Å². The minimum absolute atomic E-state index is 0.254. The van der Waals surface area contributed by atoms with E-state index in [0.717, 1.165) is 0 Å². The predicted molar refractivity (Wildman–Crippen MR) is 75.1 cm³/mol. The molecule has 0 radical (unpaired) electrons. The van der Waals surface area contributed by atoms with Gasteiger partial charge < -0.3 is 4.90 Å². The molecule has 0 atom stereocenters. The molecule has 0 spiro atoms. The Kier molecular flexibility index (Phi) is 5.97. The quantitative estimate of drug-likeness (QED) is 0.829. The van der Waals surface area contributed by atoms with Crippen LogP contribution in [0.1, 0.15) is 30.6 Å². The van der Waals surface area contributed by atoms with Gasteiger partial charge in [0.15, 0.2) is 0 Å². The number of carbonyl (C=O) groups is 1. The smallest absolute Gasteiger partial charge is 0.255 e. The fourth-order valence-corrected chi connectivity index (χ4v) is 2.15. The Morgan fingerprint density at radius 3 is 2.79 bits per heavy atom. The number of benzene rings is 1. The van der Waals surface area contributed by atoms with Crippen molar-refractivity contribution in [3.63, 3.8) is 0 Å². The summed E-state index contributed by atoms with van der Waals surface area (Å²) in [4.78, 5) is 14.0. The van der Waals surface area contributed by atoms with Crippen LogP contribution in [0.15, 0.2) is 22.7 Å². The van der Waals surface area contributed by atoms with Gasteiger partial charge in [-0.1, -0.05) is 13.8 Å². The molecule has 0 unspecified atom stereocenters. The van der Waals surface area contributed by atoms with Gasteiger partial charge in [0.2, 0.25) is 0 Å². The average molecular weight is 327 g/mol. The molecule has 1 aromatic carbocycles. The van der Waals surface area contributed by atoms with Gasteiger partial charge in [0.1, 0.15) is 5.82 Å². The Hall–Kier alpha value is -1.41. The first-order valence-corrected chi connectivity index (χ1v) is 6.86. The standard InChI is InChI=1S/C14H16BrFN2O/c1-10(2)9-18(7-3-6-17)14(19)12-8-11(16)4-5-13(12)15/h4-5,8,10H,3,7,9H2,1-2H3. The monoisotopic (exact) mass is 326 g/mol. The van der Waals surface area contributed by atoms with E-state index in [1.54, 1.807) is 4.90 Å². The van der Waals surface area contributed by atoms with Gasteiger partial charge in [0.05, 0.1) is 18.1 Å². The minimum atomic E-state index is -0.448. The molecule has 19 heavy (non-hydrogen) atoms. The van der Waals surface area contributed by atoms with E-state index in [1.165, 1.54) is 18.2 Å². The van der Waals surface area contributed by atoms with Crippen molar-refractivity contribution < 1.29 is 9.18 Å². The number of hydrogen-bond donors (Lipinski definition) is 0. The molecule has 0 saturated carbocycles. The highest BCUT2D eigenvalue weighted by Crippen LogP contribution is 2.20. The zero-order chi connectivity index (χ0) is 14.4. The van der Waals surface area contributed by atoms with E-state index in [1.807, 2.05) is 19.9 Å². The molecule has 102 valence electrons. The fourth-order valence-electron chi connectivity index (χ4n) is 1.73. The molecule has 3 nitrogen and oxygen atoms in total. The number of halogens is 2. The SMILES string of the molecule is CC(C)CN(CCC#N)C(=O)c1cc(F)ccc1Br. The molecule has 1 aromatic rings. The van der Waals surface area contributed by atoms with Crippen LogP contribution in [0.4, 0.5) is 4.39 Å². The van der Waals surface area contributed by atoms with Gasteiger partial charge in [-0.2, -0.15) is 5.26 Å². The van der Waals surface area contributed by atoms with Gasteiger partial charge in [-0.15, -0.1) is 0 Å². The summed E-state index contributed by atoms with van der Waals surface area (Å²) in [5, 5.41) is 8.64. The van der Waals surface area contributed by atoms with Crippen LogP contribution in [0.5, 0.6) is 0 Å². The summed E-state index contributed by atoms with van der Waals surface area (Å²) in [6.07, 6.45) is 0.269. The molecular formula is C14H16BrFN2O. The molecule has 0 aliphatic rings. The molecule has 0 aliphatic carbocycles. The number of amides is 1. The van der Waals surface area contributed by atoms with Gasteiger partial charge in [0.25, 0.3) is 5.91 Å². The van der Waals surface area contributed by atoms with Crippen LogP contribution in [0.25, 0.3) is 0 Å². The second-order valence-electron chi connectivity index (χ2n) is 4.68. The molecule has 0 heterocycles.